The Kier molecular flexibility index (Phi) is 5.03. The minimum Gasteiger partial charge on any atom is -0.481 e. The van der Waals surface area contributed by atoms with Crippen LogP contribution in [0.5, 0.6) is 0 Å². The van der Waals surface area contributed by atoms with E-state index in [9.17, 15) is 14.4 Å². The number of carboxylic acids is 1. The molecule has 1 aliphatic heterocycles. The lowest BCUT2D eigenvalue weighted by Crippen LogP contribution is -2.51. The topological polar surface area (TPSA) is 87.2 Å². The Morgan fingerprint density at radius 3 is 2.14 bits per heavy atom. The van der Waals surface area contributed by atoms with Crippen LogP contribution in [0, 0.1) is 11.8 Å². The van der Waals surface area contributed by atoms with Crippen LogP contribution in [0.4, 0.5) is 4.79 Å². The number of nitrogens with zero attached hydrogens (tertiary/aromatic N) is 2. The van der Waals surface area contributed by atoms with Gasteiger partial charge in [-0.3, -0.25) is 9.59 Å². The van der Waals surface area contributed by atoms with E-state index in [0.717, 1.165) is 0 Å². The first kappa shape index (κ1) is 15.6. The average Bonchev–Trinajstić information content (AvgIpc) is 2.97. The smallest absolute Gasteiger partial charge is 0.409 e. The minimum atomic E-state index is -0.808. The van der Waals surface area contributed by atoms with Gasteiger partial charge in [-0.25, -0.2) is 4.79 Å². The molecular weight excluding hydrogens is 276 g/mol. The van der Waals surface area contributed by atoms with Gasteiger partial charge in [0.05, 0.1) is 12.5 Å². The van der Waals surface area contributed by atoms with Gasteiger partial charge in [0.2, 0.25) is 5.91 Å². The monoisotopic (exact) mass is 298 g/mol. The number of carboxylic acid groups (broad SMARTS) is 1. The summed E-state index contributed by atoms with van der Waals surface area (Å²) in [4.78, 5) is 38.2. The van der Waals surface area contributed by atoms with Crippen molar-refractivity contribution in [3.05, 3.63) is 0 Å². The zero-order valence-electron chi connectivity index (χ0n) is 12.3. The molecule has 2 rings (SSSR count). The van der Waals surface area contributed by atoms with E-state index in [-0.39, 0.29) is 23.8 Å². The highest BCUT2D eigenvalue weighted by Gasteiger charge is 2.37. The van der Waals surface area contributed by atoms with Crippen LogP contribution in [-0.4, -0.2) is 65.7 Å². The number of carbonyl (C=O) groups is 3. The average molecular weight is 298 g/mol. The Labute approximate surface area is 123 Å². The Bertz CT molecular complexity index is 418. The normalized spacial score (nSPS) is 25.8. The molecule has 7 nitrogen and oxygen atoms in total. The Balaban J connectivity index is 1.81. The number of hydrogen-bond acceptors (Lipinski definition) is 4. The molecule has 0 aromatic carbocycles. The third-order valence-corrected chi connectivity index (χ3v) is 4.25. The van der Waals surface area contributed by atoms with Crippen molar-refractivity contribution in [2.75, 3.05) is 32.8 Å². The highest BCUT2D eigenvalue weighted by Crippen LogP contribution is 2.32. The molecule has 0 bridgehead atoms. The molecule has 1 N–H and O–H groups in total. The van der Waals surface area contributed by atoms with Crippen LogP contribution in [0.3, 0.4) is 0 Å². The van der Waals surface area contributed by atoms with Crippen molar-refractivity contribution in [1.29, 1.82) is 0 Å². The number of amides is 2. The van der Waals surface area contributed by atoms with Crippen molar-refractivity contribution in [3.63, 3.8) is 0 Å². The third-order valence-electron chi connectivity index (χ3n) is 4.25. The summed E-state index contributed by atoms with van der Waals surface area (Å²) in [6, 6.07) is 0. The molecule has 1 aliphatic carbocycles. The highest BCUT2D eigenvalue weighted by atomic mass is 16.6. The van der Waals surface area contributed by atoms with Gasteiger partial charge in [0, 0.05) is 32.1 Å². The lowest BCUT2D eigenvalue weighted by atomic mass is 10.0. The molecule has 2 aliphatic rings. The lowest BCUT2D eigenvalue weighted by Gasteiger charge is -2.35. The maximum atomic E-state index is 12.4. The molecule has 0 aromatic heterocycles. The number of ether oxygens (including phenoxy) is 1. The molecule has 2 fully saturated rings. The molecule has 0 radical (unpaired) electrons. The van der Waals surface area contributed by atoms with Gasteiger partial charge in [0.15, 0.2) is 0 Å². The molecule has 2 unspecified atom stereocenters. The fourth-order valence-corrected chi connectivity index (χ4v) is 3.01. The van der Waals surface area contributed by atoms with Gasteiger partial charge < -0.3 is 19.6 Å². The Morgan fingerprint density at radius 1 is 1.05 bits per heavy atom. The van der Waals surface area contributed by atoms with Gasteiger partial charge in [0.25, 0.3) is 0 Å². The standard InChI is InChI=1S/C14H22N2O5/c1-2-21-14(20)16-7-5-15(6-8-16)12(17)10-3-4-11(9-10)13(18)19/h10-11H,2-9H2,1H3,(H,18,19). The van der Waals surface area contributed by atoms with Crippen LogP contribution >= 0.6 is 0 Å². The van der Waals surface area contributed by atoms with Crippen LogP contribution in [-0.2, 0) is 14.3 Å². The first-order valence-electron chi connectivity index (χ1n) is 7.46. The maximum Gasteiger partial charge on any atom is 0.409 e. The summed E-state index contributed by atoms with van der Waals surface area (Å²) in [7, 11) is 0. The summed E-state index contributed by atoms with van der Waals surface area (Å²) in [5, 5.41) is 8.99. The lowest BCUT2D eigenvalue weighted by molar-refractivity contribution is -0.142. The van der Waals surface area contributed by atoms with Crippen molar-refractivity contribution < 1.29 is 24.2 Å². The van der Waals surface area contributed by atoms with Crippen molar-refractivity contribution >= 4 is 18.0 Å². The summed E-state index contributed by atoms with van der Waals surface area (Å²) in [6.45, 7) is 4.03. The predicted molar refractivity (Wildman–Crippen MR) is 73.6 cm³/mol. The fourth-order valence-electron chi connectivity index (χ4n) is 3.01. The number of aliphatic carboxylic acids is 1. The fraction of sp³-hybridized carbons (Fsp3) is 0.786. The van der Waals surface area contributed by atoms with Gasteiger partial charge >= 0.3 is 12.1 Å². The number of piperazine rings is 1. The predicted octanol–water partition coefficient (Wildman–Crippen LogP) is 0.788. The molecule has 1 heterocycles. The quantitative estimate of drug-likeness (QED) is 0.832. The molecule has 2 amide bonds. The maximum absolute atomic E-state index is 12.4. The van der Waals surface area contributed by atoms with Crippen LogP contribution in [0.25, 0.3) is 0 Å². The van der Waals surface area contributed by atoms with Crippen molar-refractivity contribution in [3.8, 4) is 0 Å². The summed E-state index contributed by atoms with van der Waals surface area (Å²) >= 11 is 0. The molecule has 2 atom stereocenters. The van der Waals surface area contributed by atoms with E-state index in [4.69, 9.17) is 9.84 Å². The molecule has 21 heavy (non-hydrogen) atoms. The number of carbonyl (C=O) groups excluding carboxylic acids is 2. The van der Waals surface area contributed by atoms with E-state index in [1.165, 1.54) is 0 Å². The Hall–Kier alpha value is -1.79. The summed E-state index contributed by atoms with van der Waals surface area (Å²) < 4.78 is 4.94. The van der Waals surface area contributed by atoms with E-state index in [2.05, 4.69) is 0 Å². The molecule has 1 saturated heterocycles. The largest absolute Gasteiger partial charge is 0.481 e. The summed E-state index contributed by atoms with van der Waals surface area (Å²) in [5.41, 5.74) is 0. The van der Waals surface area contributed by atoms with Gasteiger partial charge in [-0.05, 0) is 26.2 Å². The zero-order valence-corrected chi connectivity index (χ0v) is 12.3. The van der Waals surface area contributed by atoms with E-state index < -0.39 is 5.97 Å². The first-order valence-corrected chi connectivity index (χ1v) is 7.46. The van der Waals surface area contributed by atoms with Gasteiger partial charge in [-0.2, -0.15) is 0 Å². The third kappa shape index (κ3) is 3.65. The Morgan fingerprint density at radius 2 is 1.62 bits per heavy atom. The van der Waals surface area contributed by atoms with Crippen LogP contribution < -0.4 is 0 Å². The van der Waals surface area contributed by atoms with E-state index in [1.54, 1.807) is 16.7 Å². The van der Waals surface area contributed by atoms with E-state index in [1.807, 2.05) is 0 Å². The molecule has 1 saturated carbocycles. The van der Waals surface area contributed by atoms with Crippen molar-refractivity contribution in [1.82, 2.24) is 9.80 Å². The number of hydrogen-bond donors (Lipinski definition) is 1. The number of rotatable bonds is 3. The molecule has 0 aromatic rings. The summed E-state index contributed by atoms with van der Waals surface area (Å²) in [6.07, 6.45) is 1.32. The molecule has 118 valence electrons. The highest BCUT2D eigenvalue weighted by molar-refractivity contribution is 5.81. The summed E-state index contributed by atoms with van der Waals surface area (Å²) in [5.74, 6) is -1.35. The van der Waals surface area contributed by atoms with Gasteiger partial charge in [-0.1, -0.05) is 0 Å². The van der Waals surface area contributed by atoms with E-state index >= 15 is 0 Å². The molecule has 7 heteroatoms. The SMILES string of the molecule is CCOC(=O)N1CCN(C(=O)C2CCC(C(=O)O)C2)CC1. The second-order valence-corrected chi connectivity index (χ2v) is 5.56. The van der Waals surface area contributed by atoms with Gasteiger partial charge in [0.1, 0.15) is 0 Å². The van der Waals surface area contributed by atoms with Crippen LogP contribution in [0.2, 0.25) is 0 Å². The minimum absolute atomic E-state index is 0.0299. The van der Waals surface area contributed by atoms with Crippen LogP contribution in [0.15, 0.2) is 0 Å². The zero-order chi connectivity index (χ0) is 15.4. The molecular formula is C14H22N2O5. The van der Waals surface area contributed by atoms with Gasteiger partial charge in [-0.15, -0.1) is 0 Å². The second-order valence-electron chi connectivity index (χ2n) is 5.56. The second kappa shape index (κ2) is 6.78. The van der Waals surface area contributed by atoms with E-state index in [0.29, 0.717) is 52.0 Å². The van der Waals surface area contributed by atoms with Crippen molar-refractivity contribution in [2.24, 2.45) is 11.8 Å². The first-order chi connectivity index (χ1) is 10.0. The molecule has 0 spiro atoms. The van der Waals surface area contributed by atoms with Crippen molar-refractivity contribution in [2.45, 2.75) is 26.2 Å². The van der Waals surface area contributed by atoms with Crippen LogP contribution in [0.1, 0.15) is 26.2 Å².